The second-order valence-corrected chi connectivity index (χ2v) is 18.9. The van der Waals surface area contributed by atoms with Crippen molar-refractivity contribution < 1.29 is 80.4 Å². The third-order valence-electron chi connectivity index (χ3n) is 6.79. The van der Waals surface area contributed by atoms with Gasteiger partial charge < -0.3 is 32.2 Å². The van der Waals surface area contributed by atoms with Crippen molar-refractivity contribution in [3.05, 3.63) is 47.1 Å². The Balaban J connectivity index is -0.000000216. The van der Waals surface area contributed by atoms with Gasteiger partial charge in [0.1, 0.15) is 0 Å². The van der Waals surface area contributed by atoms with Crippen molar-refractivity contribution in [2.45, 2.75) is 54.4 Å². The number of hydrogen-bond acceptors (Lipinski definition) is 14. The molecule has 24 nitrogen and oxygen atoms in total. The van der Waals surface area contributed by atoms with Crippen LogP contribution in [-0.2, 0) is 51.2 Å². The van der Waals surface area contributed by atoms with Crippen molar-refractivity contribution in [2.24, 2.45) is 22.3 Å². The lowest BCUT2D eigenvalue weighted by atomic mass is 9.81. The smallest absolute Gasteiger partial charge is 0.394 e. The van der Waals surface area contributed by atoms with Gasteiger partial charge in [0.05, 0.1) is 12.5 Å². The summed E-state index contributed by atoms with van der Waals surface area (Å²) in [5.41, 5.74) is 16.1. The molecule has 0 amide bonds. The minimum absolute atomic E-state index is 0. The van der Waals surface area contributed by atoms with E-state index in [1.165, 1.54) is 23.9 Å². The van der Waals surface area contributed by atoms with Gasteiger partial charge in [0, 0.05) is 72.9 Å². The minimum atomic E-state index is -4.67. The maximum absolute atomic E-state index is 11.1. The lowest BCUT2D eigenvalue weighted by Gasteiger charge is -2.35. The molecule has 0 saturated heterocycles. The number of nitrogens with zero attached hydrogens (tertiary/aromatic N) is 2. The van der Waals surface area contributed by atoms with E-state index in [1.807, 2.05) is 24.3 Å². The molecular formula is C26H60N6O18S5. The van der Waals surface area contributed by atoms with Gasteiger partial charge in [0.15, 0.2) is 0 Å². The first-order valence-electron chi connectivity index (χ1n) is 15.1. The standard InChI is InChI=1S/2C13H25N3O2S.3H2O4S.2H2O/c2*1-5-16(9-8-15-19(4,17)18)11-6-7-12(14)13(2,3)10-11;3*1-5(2,3)4;;/h2*6-7,15H,5,8-10,14H2,1-4H3;3*(H2,1,2,3,4);2*1H2. The van der Waals surface area contributed by atoms with Crippen molar-refractivity contribution in [3.63, 3.8) is 0 Å². The molecule has 0 fully saturated rings. The molecule has 332 valence electrons. The molecule has 0 aromatic carbocycles. The summed E-state index contributed by atoms with van der Waals surface area (Å²) >= 11 is 0. The van der Waals surface area contributed by atoms with Gasteiger partial charge in [-0.1, -0.05) is 27.7 Å². The van der Waals surface area contributed by atoms with Gasteiger partial charge in [-0.05, 0) is 51.0 Å². The van der Waals surface area contributed by atoms with E-state index in [4.69, 9.17) is 64.0 Å². The fraction of sp³-hybridized carbons (Fsp3) is 0.692. The molecular weight excluding hydrogens is 845 g/mol. The molecule has 2 aliphatic carbocycles. The predicted molar refractivity (Wildman–Crippen MR) is 207 cm³/mol. The summed E-state index contributed by atoms with van der Waals surface area (Å²) in [7, 11) is -20.2. The summed E-state index contributed by atoms with van der Waals surface area (Å²) in [6.07, 6.45) is 12.1. The molecule has 0 unspecified atom stereocenters. The number of likely N-dealkylation sites (N-methyl/N-ethyl adjacent to an activating group) is 2. The van der Waals surface area contributed by atoms with Crippen molar-refractivity contribution in [1.29, 1.82) is 0 Å². The highest BCUT2D eigenvalue weighted by molar-refractivity contribution is 7.89. The van der Waals surface area contributed by atoms with E-state index in [0.717, 1.165) is 37.3 Å². The van der Waals surface area contributed by atoms with E-state index in [-0.39, 0.29) is 21.8 Å². The molecule has 29 heteroatoms. The highest BCUT2D eigenvalue weighted by Gasteiger charge is 2.28. The summed E-state index contributed by atoms with van der Waals surface area (Å²) in [5.74, 6) is 0. The molecule has 0 heterocycles. The Labute approximate surface area is 325 Å². The molecule has 55 heavy (non-hydrogen) atoms. The van der Waals surface area contributed by atoms with E-state index >= 15 is 0 Å². The third kappa shape index (κ3) is 41.0. The van der Waals surface area contributed by atoms with Gasteiger partial charge in [0.2, 0.25) is 20.0 Å². The molecule has 0 atom stereocenters. The van der Waals surface area contributed by atoms with E-state index in [2.05, 4.69) is 60.8 Å². The summed E-state index contributed by atoms with van der Waals surface area (Å²) in [5, 5.41) is 0. The van der Waals surface area contributed by atoms with E-state index in [1.54, 1.807) is 0 Å². The maximum Gasteiger partial charge on any atom is 0.394 e. The van der Waals surface area contributed by atoms with Crippen LogP contribution in [0.4, 0.5) is 0 Å². The van der Waals surface area contributed by atoms with E-state index < -0.39 is 51.2 Å². The van der Waals surface area contributed by atoms with Gasteiger partial charge in [-0.3, -0.25) is 27.3 Å². The maximum atomic E-state index is 11.1. The summed E-state index contributed by atoms with van der Waals surface area (Å²) in [4.78, 5) is 4.37. The van der Waals surface area contributed by atoms with Crippen LogP contribution >= 0.6 is 0 Å². The van der Waals surface area contributed by atoms with E-state index in [9.17, 15) is 16.8 Å². The highest BCUT2D eigenvalue weighted by Crippen LogP contribution is 2.36. The lowest BCUT2D eigenvalue weighted by Crippen LogP contribution is -2.36. The number of hydrogen-bond donors (Lipinski definition) is 10. The highest BCUT2D eigenvalue weighted by atomic mass is 32.3. The zero-order chi connectivity index (χ0) is 42.9. The summed E-state index contributed by atoms with van der Waals surface area (Å²) in [6.45, 7) is 16.5. The normalized spacial score (nSPS) is 16.1. The van der Waals surface area contributed by atoms with Crippen LogP contribution in [0.25, 0.3) is 0 Å². The topological polar surface area (TPSA) is 438 Å². The zero-order valence-corrected chi connectivity index (χ0v) is 35.9. The summed E-state index contributed by atoms with van der Waals surface area (Å²) in [6, 6.07) is 0. The first-order chi connectivity index (χ1) is 23.3. The Morgan fingerprint density at radius 2 is 0.782 bits per heavy atom. The van der Waals surface area contributed by atoms with Gasteiger partial charge in [-0.25, -0.2) is 26.3 Å². The third-order valence-corrected chi connectivity index (χ3v) is 8.24. The fourth-order valence-corrected chi connectivity index (χ4v) is 5.15. The van der Waals surface area contributed by atoms with Crippen LogP contribution in [0.5, 0.6) is 0 Å². The molecule has 0 aromatic rings. The average Bonchev–Trinajstić information content (AvgIpc) is 2.89. The Hall–Kier alpha value is -2.49. The molecule has 0 aromatic heterocycles. The van der Waals surface area contributed by atoms with Crippen LogP contribution in [0.15, 0.2) is 47.1 Å². The van der Waals surface area contributed by atoms with Gasteiger partial charge >= 0.3 is 31.2 Å². The summed E-state index contributed by atoms with van der Waals surface area (Å²) < 4.78 is 144. The number of rotatable bonds is 12. The molecule has 0 radical (unpaired) electrons. The van der Waals surface area contributed by atoms with Gasteiger partial charge in [-0.15, -0.1) is 0 Å². The monoisotopic (exact) mass is 904 g/mol. The first-order valence-corrected chi connectivity index (χ1v) is 23.1. The SMILES string of the molecule is CCN(CCNS(C)(=O)=O)C1=CC=C(N)C(C)(C)C1.CCN(CCNS(C)(=O)=O)C1=CC=C(N)C(C)(C)C1.O.O.O=S(=O)(O)O.O=S(=O)(O)O.O=S(=O)(O)O. The second-order valence-electron chi connectivity index (χ2n) is 12.5. The molecule has 0 aliphatic heterocycles. The number of nitrogens with one attached hydrogen (secondary N) is 2. The molecule has 2 rings (SSSR count). The van der Waals surface area contributed by atoms with Crippen molar-refractivity contribution in [2.75, 3.05) is 51.8 Å². The Morgan fingerprint density at radius 3 is 0.945 bits per heavy atom. The Morgan fingerprint density at radius 1 is 0.564 bits per heavy atom. The average molecular weight is 905 g/mol. The minimum Gasteiger partial charge on any atom is -0.412 e. The van der Waals surface area contributed by atoms with Crippen molar-refractivity contribution in [3.8, 4) is 0 Å². The van der Waals surface area contributed by atoms with Crippen molar-refractivity contribution in [1.82, 2.24) is 19.2 Å². The lowest BCUT2D eigenvalue weighted by molar-refractivity contribution is 0.305. The molecule has 0 bridgehead atoms. The van der Waals surface area contributed by atoms with Crippen LogP contribution in [0.3, 0.4) is 0 Å². The van der Waals surface area contributed by atoms with Crippen LogP contribution < -0.4 is 20.9 Å². The van der Waals surface area contributed by atoms with Crippen LogP contribution in [0.2, 0.25) is 0 Å². The molecule has 16 N–H and O–H groups in total. The quantitative estimate of drug-likeness (QED) is 0.0988. The van der Waals surface area contributed by atoms with Gasteiger partial charge in [0.25, 0.3) is 0 Å². The second kappa shape index (κ2) is 25.7. The first kappa shape index (κ1) is 61.7. The molecule has 0 saturated carbocycles. The van der Waals surface area contributed by atoms with Crippen LogP contribution in [0, 0.1) is 10.8 Å². The van der Waals surface area contributed by atoms with Crippen LogP contribution in [-0.4, -0.2) is 142 Å². The van der Waals surface area contributed by atoms with Crippen molar-refractivity contribution >= 4 is 51.2 Å². The molecule has 2 aliphatic rings. The Bertz CT molecular complexity index is 1660. The molecule has 0 spiro atoms. The van der Waals surface area contributed by atoms with Crippen LogP contribution in [0.1, 0.15) is 54.4 Å². The number of allylic oxidation sites excluding steroid dienone is 8. The zero-order valence-electron chi connectivity index (χ0n) is 31.8. The fourth-order valence-electron chi connectivity index (χ4n) is 4.23. The number of sulfonamides is 2. The largest absolute Gasteiger partial charge is 0.412 e. The van der Waals surface area contributed by atoms with Gasteiger partial charge in [-0.2, -0.15) is 25.3 Å². The van der Waals surface area contributed by atoms with E-state index in [0.29, 0.717) is 26.2 Å². The predicted octanol–water partition coefficient (Wildman–Crippen LogP) is -1.58. The number of nitrogens with two attached hydrogens (primary N) is 2. The Kier molecular flexibility index (Phi) is 28.8.